The van der Waals surface area contributed by atoms with E-state index in [1.165, 1.54) is 0 Å². The maximum absolute atomic E-state index is 12.1. The van der Waals surface area contributed by atoms with Crippen molar-refractivity contribution in [2.75, 3.05) is 10.6 Å². The lowest BCUT2D eigenvalue weighted by atomic mass is 10.3. The van der Waals surface area contributed by atoms with Crippen molar-refractivity contribution in [2.45, 2.75) is 6.92 Å². The third-order valence-corrected chi connectivity index (χ3v) is 3.31. The molecule has 0 saturated heterocycles. The summed E-state index contributed by atoms with van der Waals surface area (Å²) in [5, 5.41) is 5.51. The fraction of sp³-hybridized carbons (Fsp3) is 0.0556. The number of aromatic nitrogens is 2. The SMILES string of the molecule is Cc1cc(Cl)nc(NC(=O)Nc2cccc(Oc3ccccc3)c2)n1. The summed E-state index contributed by atoms with van der Waals surface area (Å²) in [6.45, 7) is 1.76. The Bertz CT molecular complexity index is 867. The van der Waals surface area contributed by atoms with Crippen LogP contribution in [-0.4, -0.2) is 16.0 Å². The van der Waals surface area contributed by atoms with Crippen LogP contribution in [0, 0.1) is 6.92 Å². The van der Waals surface area contributed by atoms with Crippen LogP contribution in [0.3, 0.4) is 0 Å². The van der Waals surface area contributed by atoms with Gasteiger partial charge in [-0.2, -0.15) is 0 Å². The van der Waals surface area contributed by atoms with Crippen LogP contribution in [0.5, 0.6) is 11.5 Å². The molecule has 1 aromatic heterocycles. The summed E-state index contributed by atoms with van der Waals surface area (Å²) in [6.07, 6.45) is 0. The number of benzene rings is 2. The smallest absolute Gasteiger partial charge is 0.326 e. The average molecular weight is 355 g/mol. The molecule has 0 aliphatic heterocycles. The molecule has 0 saturated carbocycles. The molecule has 0 aliphatic rings. The number of ether oxygens (including phenoxy) is 1. The van der Waals surface area contributed by atoms with Crippen molar-refractivity contribution in [1.82, 2.24) is 9.97 Å². The standard InChI is InChI=1S/C18H15ClN4O2/c1-12-10-16(19)22-17(20-12)23-18(24)21-13-6-5-9-15(11-13)25-14-7-3-2-4-8-14/h2-11H,1H3,(H2,20,21,22,23,24). The van der Waals surface area contributed by atoms with Gasteiger partial charge in [-0.15, -0.1) is 0 Å². The number of rotatable bonds is 4. The van der Waals surface area contributed by atoms with Crippen molar-refractivity contribution in [3.05, 3.63) is 71.5 Å². The van der Waals surface area contributed by atoms with E-state index in [-0.39, 0.29) is 11.1 Å². The summed E-state index contributed by atoms with van der Waals surface area (Å²) < 4.78 is 5.74. The first kappa shape index (κ1) is 16.7. The fourth-order valence-corrected chi connectivity index (χ4v) is 2.35. The highest BCUT2D eigenvalue weighted by Gasteiger charge is 2.07. The monoisotopic (exact) mass is 354 g/mol. The molecule has 6 nitrogen and oxygen atoms in total. The minimum Gasteiger partial charge on any atom is -0.457 e. The van der Waals surface area contributed by atoms with Crippen LogP contribution >= 0.6 is 11.6 Å². The summed E-state index contributed by atoms with van der Waals surface area (Å²) in [5.74, 6) is 1.46. The van der Waals surface area contributed by atoms with Crippen LogP contribution in [-0.2, 0) is 0 Å². The van der Waals surface area contributed by atoms with Crippen molar-refractivity contribution in [2.24, 2.45) is 0 Å². The van der Waals surface area contributed by atoms with Gasteiger partial charge in [-0.1, -0.05) is 35.9 Å². The van der Waals surface area contributed by atoms with E-state index >= 15 is 0 Å². The number of nitrogens with one attached hydrogen (secondary N) is 2. The second-order valence-corrected chi connectivity index (χ2v) is 5.56. The Morgan fingerprint density at radius 1 is 0.960 bits per heavy atom. The van der Waals surface area contributed by atoms with Crippen LogP contribution in [0.1, 0.15) is 5.69 Å². The van der Waals surface area contributed by atoms with Gasteiger partial charge in [0.15, 0.2) is 0 Å². The first-order chi connectivity index (χ1) is 12.1. The van der Waals surface area contributed by atoms with Gasteiger partial charge in [0.1, 0.15) is 16.7 Å². The molecule has 3 aromatic rings. The maximum Gasteiger partial charge on any atom is 0.326 e. The van der Waals surface area contributed by atoms with Gasteiger partial charge in [0.2, 0.25) is 5.95 Å². The van der Waals surface area contributed by atoms with Crippen molar-refractivity contribution in [3.8, 4) is 11.5 Å². The van der Waals surface area contributed by atoms with Crippen molar-refractivity contribution >= 4 is 29.3 Å². The molecule has 0 atom stereocenters. The van der Waals surface area contributed by atoms with Crippen LogP contribution in [0.2, 0.25) is 5.15 Å². The molecule has 0 spiro atoms. The lowest BCUT2D eigenvalue weighted by Gasteiger charge is -2.09. The molecule has 126 valence electrons. The van der Waals surface area contributed by atoms with E-state index in [1.807, 2.05) is 30.3 Å². The summed E-state index contributed by atoms with van der Waals surface area (Å²) in [7, 11) is 0. The van der Waals surface area contributed by atoms with Gasteiger partial charge in [0.25, 0.3) is 0 Å². The normalized spacial score (nSPS) is 10.2. The molecule has 0 unspecified atom stereocenters. The Morgan fingerprint density at radius 3 is 2.48 bits per heavy atom. The van der Waals surface area contributed by atoms with Crippen LogP contribution in [0.15, 0.2) is 60.7 Å². The number of aryl methyl sites for hydroxylation is 1. The number of nitrogens with zero attached hydrogens (tertiary/aromatic N) is 2. The van der Waals surface area contributed by atoms with Crippen LogP contribution in [0.25, 0.3) is 0 Å². The first-order valence-corrected chi connectivity index (χ1v) is 7.88. The number of hydrogen-bond acceptors (Lipinski definition) is 4. The zero-order valence-corrected chi connectivity index (χ0v) is 14.1. The van der Waals surface area contributed by atoms with Gasteiger partial charge in [-0.25, -0.2) is 14.8 Å². The highest BCUT2D eigenvalue weighted by atomic mass is 35.5. The maximum atomic E-state index is 12.1. The molecule has 2 amide bonds. The van der Waals surface area contributed by atoms with E-state index in [1.54, 1.807) is 37.3 Å². The van der Waals surface area contributed by atoms with E-state index < -0.39 is 6.03 Å². The van der Waals surface area contributed by atoms with Gasteiger partial charge >= 0.3 is 6.03 Å². The fourth-order valence-electron chi connectivity index (χ4n) is 2.11. The number of hydrogen-bond donors (Lipinski definition) is 2. The third kappa shape index (κ3) is 4.92. The Labute approximate surface area is 149 Å². The summed E-state index contributed by atoms with van der Waals surface area (Å²) in [6, 6.07) is 17.6. The molecule has 2 aromatic carbocycles. The van der Waals surface area contributed by atoms with Crippen LogP contribution in [0.4, 0.5) is 16.4 Å². The van der Waals surface area contributed by atoms with Crippen LogP contribution < -0.4 is 15.4 Å². The van der Waals surface area contributed by atoms with Gasteiger partial charge in [-0.05, 0) is 37.3 Å². The molecule has 0 radical (unpaired) electrons. The second kappa shape index (κ2) is 7.63. The minimum atomic E-state index is -0.474. The summed E-state index contributed by atoms with van der Waals surface area (Å²) >= 11 is 5.85. The molecule has 3 rings (SSSR count). The molecule has 25 heavy (non-hydrogen) atoms. The molecule has 0 aliphatic carbocycles. The average Bonchev–Trinajstić information content (AvgIpc) is 2.55. The number of halogens is 1. The van der Waals surface area contributed by atoms with Gasteiger partial charge in [0, 0.05) is 17.4 Å². The molecule has 2 N–H and O–H groups in total. The molecule has 7 heteroatoms. The number of amides is 2. The molecule has 0 bridgehead atoms. The Morgan fingerprint density at radius 2 is 1.72 bits per heavy atom. The largest absolute Gasteiger partial charge is 0.457 e. The number of carbonyl (C=O) groups excluding carboxylic acids is 1. The predicted molar refractivity (Wildman–Crippen MR) is 97.4 cm³/mol. The van der Waals surface area contributed by atoms with E-state index in [2.05, 4.69) is 20.6 Å². The molecule has 0 fully saturated rings. The van der Waals surface area contributed by atoms with E-state index in [9.17, 15) is 4.79 Å². The lowest BCUT2D eigenvalue weighted by Crippen LogP contribution is -2.21. The van der Waals surface area contributed by atoms with E-state index in [0.29, 0.717) is 22.9 Å². The predicted octanol–water partition coefficient (Wildman–Crippen LogP) is 4.87. The number of para-hydroxylation sites is 1. The molecule has 1 heterocycles. The molecular weight excluding hydrogens is 340 g/mol. The second-order valence-electron chi connectivity index (χ2n) is 5.18. The van der Waals surface area contributed by atoms with Gasteiger partial charge in [-0.3, -0.25) is 5.32 Å². The van der Waals surface area contributed by atoms with Crippen molar-refractivity contribution in [3.63, 3.8) is 0 Å². The Kier molecular flexibility index (Phi) is 5.11. The zero-order valence-electron chi connectivity index (χ0n) is 13.4. The van der Waals surface area contributed by atoms with Gasteiger partial charge in [0.05, 0.1) is 0 Å². The van der Waals surface area contributed by atoms with Crippen molar-refractivity contribution in [1.29, 1.82) is 0 Å². The number of urea groups is 1. The highest BCUT2D eigenvalue weighted by molar-refractivity contribution is 6.29. The van der Waals surface area contributed by atoms with E-state index in [0.717, 1.165) is 0 Å². The zero-order chi connectivity index (χ0) is 17.6. The minimum absolute atomic E-state index is 0.138. The lowest BCUT2D eigenvalue weighted by molar-refractivity contribution is 0.262. The highest BCUT2D eigenvalue weighted by Crippen LogP contribution is 2.23. The first-order valence-electron chi connectivity index (χ1n) is 7.51. The van der Waals surface area contributed by atoms with Gasteiger partial charge < -0.3 is 10.1 Å². The van der Waals surface area contributed by atoms with E-state index in [4.69, 9.17) is 16.3 Å². The third-order valence-electron chi connectivity index (χ3n) is 3.12. The topological polar surface area (TPSA) is 76.1 Å². The Hall–Kier alpha value is -3.12. The number of carbonyl (C=O) groups is 1. The molecular formula is C18H15ClN4O2. The summed E-state index contributed by atoms with van der Waals surface area (Å²) in [5.41, 5.74) is 1.23. The summed E-state index contributed by atoms with van der Waals surface area (Å²) in [4.78, 5) is 20.1. The quantitative estimate of drug-likeness (QED) is 0.655. The van der Waals surface area contributed by atoms with Crippen molar-refractivity contribution < 1.29 is 9.53 Å². The Balaban J connectivity index is 1.66. The number of anilines is 2.